The van der Waals surface area contributed by atoms with Crippen LogP contribution in [-0.4, -0.2) is 24.2 Å². The van der Waals surface area contributed by atoms with Gasteiger partial charge in [-0.1, -0.05) is 6.07 Å². The Hall–Kier alpha value is -0.930. The highest BCUT2D eigenvalue weighted by Gasteiger charge is 2.23. The summed E-state index contributed by atoms with van der Waals surface area (Å²) in [6.07, 6.45) is 5.81. The normalized spacial score (nSPS) is 25.7. The standard InChI is InChI=1S/C12H18N2O/c1-15-12-6-5-10(8-12)14-9-11-4-2-3-7-13-11/h2-4,7,10,12,14H,5-6,8-9H2,1H3. The van der Waals surface area contributed by atoms with Crippen LogP contribution >= 0.6 is 0 Å². The maximum absolute atomic E-state index is 5.34. The van der Waals surface area contributed by atoms with Gasteiger partial charge in [0.1, 0.15) is 0 Å². The average molecular weight is 206 g/mol. The minimum absolute atomic E-state index is 0.450. The van der Waals surface area contributed by atoms with E-state index in [0.717, 1.165) is 18.7 Å². The van der Waals surface area contributed by atoms with Gasteiger partial charge in [-0.2, -0.15) is 0 Å². The SMILES string of the molecule is COC1CCC(NCc2ccccn2)C1. The van der Waals surface area contributed by atoms with Gasteiger partial charge in [0.15, 0.2) is 0 Å². The molecule has 1 aromatic heterocycles. The summed E-state index contributed by atoms with van der Waals surface area (Å²) in [5.41, 5.74) is 1.11. The molecule has 3 nitrogen and oxygen atoms in total. The highest BCUT2D eigenvalue weighted by molar-refractivity contribution is 5.03. The molecule has 1 heterocycles. The molecule has 1 aliphatic carbocycles. The molecule has 2 rings (SSSR count). The Morgan fingerprint density at radius 3 is 3.07 bits per heavy atom. The van der Waals surface area contributed by atoms with Crippen LogP contribution in [0.5, 0.6) is 0 Å². The van der Waals surface area contributed by atoms with E-state index in [2.05, 4.69) is 16.4 Å². The molecule has 0 aromatic carbocycles. The second kappa shape index (κ2) is 5.24. The van der Waals surface area contributed by atoms with Crippen LogP contribution in [0.3, 0.4) is 0 Å². The van der Waals surface area contributed by atoms with Crippen molar-refractivity contribution in [2.45, 2.75) is 38.0 Å². The molecule has 0 saturated heterocycles. The lowest BCUT2D eigenvalue weighted by molar-refractivity contribution is 0.107. The molecule has 0 bridgehead atoms. The summed E-state index contributed by atoms with van der Waals surface area (Å²) in [7, 11) is 1.80. The molecule has 1 aromatic rings. The molecule has 0 aliphatic heterocycles. The first-order chi connectivity index (χ1) is 7.38. The van der Waals surface area contributed by atoms with Crippen molar-refractivity contribution in [2.24, 2.45) is 0 Å². The zero-order chi connectivity index (χ0) is 10.5. The average Bonchev–Trinajstić information content (AvgIpc) is 2.76. The van der Waals surface area contributed by atoms with E-state index in [1.165, 1.54) is 12.8 Å². The number of aromatic nitrogens is 1. The zero-order valence-electron chi connectivity index (χ0n) is 9.15. The van der Waals surface area contributed by atoms with Gasteiger partial charge in [-0.25, -0.2) is 0 Å². The Bertz CT molecular complexity index is 289. The fraction of sp³-hybridized carbons (Fsp3) is 0.583. The maximum atomic E-state index is 5.34. The monoisotopic (exact) mass is 206 g/mol. The van der Waals surface area contributed by atoms with E-state index in [4.69, 9.17) is 4.74 Å². The third-order valence-electron chi connectivity index (χ3n) is 3.02. The molecule has 2 unspecified atom stereocenters. The fourth-order valence-corrected chi connectivity index (χ4v) is 2.09. The molecule has 0 radical (unpaired) electrons. The number of nitrogens with zero attached hydrogens (tertiary/aromatic N) is 1. The van der Waals surface area contributed by atoms with Crippen LogP contribution in [0.1, 0.15) is 25.0 Å². The number of hydrogen-bond donors (Lipinski definition) is 1. The zero-order valence-corrected chi connectivity index (χ0v) is 9.15. The van der Waals surface area contributed by atoms with E-state index in [1.807, 2.05) is 18.3 Å². The summed E-state index contributed by atoms with van der Waals surface area (Å²) >= 11 is 0. The van der Waals surface area contributed by atoms with Crippen molar-refractivity contribution in [1.29, 1.82) is 0 Å². The molecule has 1 fully saturated rings. The Morgan fingerprint density at radius 2 is 2.40 bits per heavy atom. The lowest BCUT2D eigenvalue weighted by atomic mass is 10.2. The van der Waals surface area contributed by atoms with Gasteiger partial charge < -0.3 is 10.1 Å². The van der Waals surface area contributed by atoms with E-state index >= 15 is 0 Å². The maximum Gasteiger partial charge on any atom is 0.0586 e. The smallest absolute Gasteiger partial charge is 0.0586 e. The molecule has 82 valence electrons. The molecule has 1 N–H and O–H groups in total. The van der Waals surface area contributed by atoms with E-state index in [0.29, 0.717) is 12.1 Å². The van der Waals surface area contributed by atoms with E-state index in [-0.39, 0.29) is 0 Å². The predicted molar refractivity (Wildman–Crippen MR) is 59.5 cm³/mol. The summed E-state index contributed by atoms with van der Waals surface area (Å²) in [6, 6.07) is 6.61. The number of hydrogen-bond acceptors (Lipinski definition) is 3. The second-order valence-electron chi connectivity index (χ2n) is 4.07. The van der Waals surface area contributed by atoms with Gasteiger partial charge in [0, 0.05) is 25.9 Å². The lowest BCUT2D eigenvalue weighted by Gasteiger charge is -2.12. The summed E-state index contributed by atoms with van der Waals surface area (Å²) in [6.45, 7) is 0.863. The fourth-order valence-electron chi connectivity index (χ4n) is 2.09. The van der Waals surface area contributed by atoms with Crippen molar-refractivity contribution in [1.82, 2.24) is 10.3 Å². The highest BCUT2D eigenvalue weighted by Crippen LogP contribution is 2.21. The van der Waals surface area contributed by atoms with Crippen molar-refractivity contribution >= 4 is 0 Å². The summed E-state index contributed by atoms with van der Waals surface area (Å²) in [5.74, 6) is 0. The number of pyridine rings is 1. The first kappa shape index (κ1) is 10.6. The van der Waals surface area contributed by atoms with Gasteiger partial charge in [0.05, 0.1) is 11.8 Å². The summed E-state index contributed by atoms with van der Waals surface area (Å²) in [5, 5.41) is 3.52. The molecule has 0 amide bonds. The van der Waals surface area contributed by atoms with Crippen LogP contribution in [0.2, 0.25) is 0 Å². The quantitative estimate of drug-likeness (QED) is 0.814. The third-order valence-corrected chi connectivity index (χ3v) is 3.02. The molecule has 1 saturated carbocycles. The summed E-state index contributed by atoms with van der Waals surface area (Å²) in [4.78, 5) is 4.29. The molecular formula is C12H18N2O. The second-order valence-corrected chi connectivity index (χ2v) is 4.07. The topological polar surface area (TPSA) is 34.1 Å². The van der Waals surface area contributed by atoms with Crippen LogP contribution in [0.25, 0.3) is 0 Å². The van der Waals surface area contributed by atoms with E-state index < -0.39 is 0 Å². The molecule has 0 spiro atoms. The Kier molecular flexibility index (Phi) is 3.69. The predicted octanol–water partition coefficient (Wildman–Crippen LogP) is 1.74. The minimum Gasteiger partial charge on any atom is -0.381 e. The van der Waals surface area contributed by atoms with Crippen molar-refractivity contribution in [2.75, 3.05) is 7.11 Å². The van der Waals surface area contributed by atoms with Crippen LogP contribution < -0.4 is 5.32 Å². The van der Waals surface area contributed by atoms with Crippen LogP contribution in [0, 0.1) is 0 Å². The van der Waals surface area contributed by atoms with Gasteiger partial charge in [-0.15, -0.1) is 0 Å². The molecule has 2 atom stereocenters. The number of nitrogens with one attached hydrogen (secondary N) is 1. The van der Waals surface area contributed by atoms with Gasteiger partial charge in [0.2, 0.25) is 0 Å². The number of methoxy groups -OCH3 is 1. The van der Waals surface area contributed by atoms with Crippen molar-refractivity contribution in [3.63, 3.8) is 0 Å². The van der Waals surface area contributed by atoms with Crippen LogP contribution in [0.4, 0.5) is 0 Å². The summed E-state index contributed by atoms with van der Waals surface area (Å²) < 4.78 is 5.34. The number of ether oxygens (including phenoxy) is 1. The van der Waals surface area contributed by atoms with Crippen LogP contribution in [0.15, 0.2) is 24.4 Å². The van der Waals surface area contributed by atoms with Gasteiger partial charge in [-0.3, -0.25) is 4.98 Å². The Morgan fingerprint density at radius 1 is 1.47 bits per heavy atom. The lowest BCUT2D eigenvalue weighted by Crippen LogP contribution is -2.26. The van der Waals surface area contributed by atoms with Gasteiger partial charge in [0.25, 0.3) is 0 Å². The minimum atomic E-state index is 0.450. The third kappa shape index (κ3) is 3.01. The Labute approximate surface area is 90.9 Å². The molecule has 1 aliphatic rings. The van der Waals surface area contributed by atoms with Crippen molar-refractivity contribution in [3.05, 3.63) is 30.1 Å². The van der Waals surface area contributed by atoms with Crippen molar-refractivity contribution in [3.8, 4) is 0 Å². The van der Waals surface area contributed by atoms with Gasteiger partial charge >= 0.3 is 0 Å². The van der Waals surface area contributed by atoms with Gasteiger partial charge in [-0.05, 0) is 31.4 Å². The van der Waals surface area contributed by atoms with Crippen LogP contribution in [-0.2, 0) is 11.3 Å². The van der Waals surface area contributed by atoms with E-state index in [9.17, 15) is 0 Å². The first-order valence-electron chi connectivity index (χ1n) is 5.54. The van der Waals surface area contributed by atoms with Crippen molar-refractivity contribution < 1.29 is 4.74 Å². The molecule has 15 heavy (non-hydrogen) atoms. The molecule has 3 heteroatoms. The molecular weight excluding hydrogens is 188 g/mol. The largest absolute Gasteiger partial charge is 0.381 e. The first-order valence-corrected chi connectivity index (χ1v) is 5.54. The highest BCUT2D eigenvalue weighted by atomic mass is 16.5. The van der Waals surface area contributed by atoms with E-state index in [1.54, 1.807) is 7.11 Å². The Balaban J connectivity index is 1.75. The number of rotatable bonds is 4.